The summed E-state index contributed by atoms with van der Waals surface area (Å²) in [5, 5.41) is 17.2. The molecule has 2 aliphatic rings. The van der Waals surface area contributed by atoms with E-state index >= 15 is 0 Å². The first-order valence-electron chi connectivity index (χ1n) is 9.47. The third-order valence-electron chi connectivity index (χ3n) is 3.63. The van der Waals surface area contributed by atoms with Gasteiger partial charge in [-0.05, 0) is 48.5 Å². The van der Waals surface area contributed by atoms with Gasteiger partial charge in [0.2, 0.25) is 0 Å². The van der Waals surface area contributed by atoms with Crippen molar-refractivity contribution < 1.29 is 42.3 Å². The van der Waals surface area contributed by atoms with Crippen LogP contribution in [0.3, 0.4) is 0 Å². The fourth-order valence-electron chi connectivity index (χ4n) is 2.11. The minimum atomic E-state index is -0.331. The summed E-state index contributed by atoms with van der Waals surface area (Å²) in [6.07, 6.45) is 14.6. The summed E-state index contributed by atoms with van der Waals surface area (Å²) in [5.41, 5.74) is 4.13. The van der Waals surface area contributed by atoms with Gasteiger partial charge in [0, 0.05) is 0 Å². The van der Waals surface area contributed by atoms with E-state index in [1.54, 1.807) is 23.3 Å². The van der Waals surface area contributed by atoms with E-state index < -0.39 is 0 Å². The molecule has 0 radical (unpaired) electrons. The molecule has 0 saturated carbocycles. The number of hydrogen-bond donors (Lipinski definition) is 2. The zero-order valence-corrected chi connectivity index (χ0v) is 24.0. The molecule has 0 unspecified atom stereocenters. The summed E-state index contributed by atoms with van der Waals surface area (Å²) in [4.78, 5) is 0. The SMILES string of the molecule is CC1=CC=[C-]C1.CC1=[C-]CC(C)=C1.Oc1ccc(F)cc1.Oc1ccc(F)cc1.[CH3-].[CH3-].[SiH2]=[Zr]. The van der Waals surface area contributed by atoms with Gasteiger partial charge in [-0.1, -0.05) is 20.8 Å². The van der Waals surface area contributed by atoms with Crippen LogP contribution in [0.15, 0.2) is 83.5 Å². The minimum absolute atomic E-state index is 0. The van der Waals surface area contributed by atoms with E-state index in [1.165, 1.54) is 65.3 Å². The maximum absolute atomic E-state index is 12.0. The van der Waals surface area contributed by atoms with Crippen LogP contribution in [0, 0.1) is 38.6 Å². The number of phenols is 2. The van der Waals surface area contributed by atoms with Gasteiger partial charge in [0.05, 0.1) is 0 Å². The molecule has 2 aliphatic carbocycles. The van der Waals surface area contributed by atoms with E-state index in [1.807, 2.05) is 13.0 Å². The van der Waals surface area contributed by atoms with Crippen LogP contribution < -0.4 is 0 Å². The van der Waals surface area contributed by atoms with Gasteiger partial charge in [-0.25, -0.2) is 32.6 Å². The molecule has 2 aromatic rings. The molecule has 0 aliphatic heterocycles. The van der Waals surface area contributed by atoms with Crippen molar-refractivity contribution in [1.82, 2.24) is 0 Å². The van der Waals surface area contributed by atoms with E-state index in [-0.39, 0.29) is 38.0 Å². The van der Waals surface area contributed by atoms with Crippen molar-refractivity contribution in [3.8, 4) is 11.5 Å². The molecule has 2 N–H and O–H groups in total. The van der Waals surface area contributed by atoms with Crippen molar-refractivity contribution in [2.45, 2.75) is 33.6 Å². The molecule has 0 spiro atoms. The molecule has 2 aromatic carbocycles. The van der Waals surface area contributed by atoms with Crippen molar-refractivity contribution in [2.75, 3.05) is 0 Å². The van der Waals surface area contributed by atoms with Gasteiger partial charge in [-0.2, -0.15) is 11.1 Å². The number of allylic oxidation sites excluding steroid dienone is 8. The predicted molar refractivity (Wildman–Crippen MR) is 134 cm³/mol. The number of aromatic hydroxyl groups is 2. The molecule has 0 fully saturated rings. The van der Waals surface area contributed by atoms with Crippen LogP contribution in [0.25, 0.3) is 0 Å². The first kappa shape index (κ1) is 35.5. The molecule has 0 heterocycles. The molecule has 0 saturated heterocycles. The van der Waals surface area contributed by atoms with Crippen molar-refractivity contribution in [2.24, 2.45) is 0 Å². The molecule has 180 valence electrons. The Morgan fingerprint density at radius 2 is 1.18 bits per heavy atom. The number of rotatable bonds is 0. The molecular formula is C27H34F2O2SiZr-4. The number of hydrogen-bond acceptors (Lipinski definition) is 2. The van der Waals surface area contributed by atoms with Gasteiger partial charge < -0.3 is 25.1 Å². The van der Waals surface area contributed by atoms with Crippen LogP contribution in [-0.2, 0) is 23.3 Å². The summed E-state index contributed by atoms with van der Waals surface area (Å²) in [6, 6.07) is 10.0. The van der Waals surface area contributed by atoms with Crippen molar-refractivity contribution >= 4 is 6.88 Å². The topological polar surface area (TPSA) is 40.5 Å². The van der Waals surface area contributed by atoms with Crippen molar-refractivity contribution in [1.29, 1.82) is 0 Å². The second kappa shape index (κ2) is 21.8. The molecular weight excluding hydrogens is 514 g/mol. The van der Waals surface area contributed by atoms with Crippen molar-refractivity contribution in [3.05, 3.63) is 122 Å². The second-order valence-corrected chi connectivity index (χ2v) is 6.54. The van der Waals surface area contributed by atoms with E-state index in [2.05, 4.69) is 45.1 Å². The van der Waals surface area contributed by atoms with Crippen LogP contribution in [0.4, 0.5) is 8.78 Å². The molecule has 0 bridgehead atoms. The van der Waals surface area contributed by atoms with Crippen LogP contribution >= 0.6 is 0 Å². The van der Waals surface area contributed by atoms with Crippen LogP contribution in [-0.4, -0.2) is 17.1 Å². The average molecular weight is 548 g/mol. The average Bonchev–Trinajstić information content (AvgIpc) is 3.39. The van der Waals surface area contributed by atoms with Gasteiger partial charge in [-0.15, -0.1) is 12.8 Å². The Bertz CT molecular complexity index is 802. The van der Waals surface area contributed by atoms with Gasteiger partial charge >= 0.3 is 30.2 Å². The van der Waals surface area contributed by atoms with Crippen LogP contribution in [0.2, 0.25) is 0 Å². The zero-order chi connectivity index (χ0) is 23.6. The molecule has 6 heteroatoms. The predicted octanol–water partition coefficient (Wildman–Crippen LogP) is 6.83. The second-order valence-electron chi connectivity index (χ2n) is 6.54. The fourth-order valence-corrected chi connectivity index (χ4v) is 2.11. The van der Waals surface area contributed by atoms with Gasteiger partial charge in [0.1, 0.15) is 23.1 Å². The summed E-state index contributed by atoms with van der Waals surface area (Å²) in [5.74, 6) is -0.483. The molecule has 0 amide bonds. The fraction of sp³-hybridized carbons (Fsp3) is 0.185. The molecule has 0 aromatic heterocycles. The van der Waals surface area contributed by atoms with E-state index in [0.717, 1.165) is 12.8 Å². The number of halogens is 2. The van der Waals surface area contributed by atoms with Crippen molar-refractivity contribution in [3.63, 3.8) is 0 Å². The summed E-state index contributed by atoms with van der Waals surface area (Å²) in [7, 11) is 0. The first-order chi connectivity index (χ1) is 14.8. The quantitative estimate of drug-likeness (QED) is 0.280. The number of benzene rings is 2. The van der Waals surface area contributed by atoms with E-state index in [0.29, 0.717) is 0 Å². The molecule has 2 nitrogen and oxygen atoms in total. The Balaban J connectivity index is -0.000000349. The van der Waals surface area contributed by atoms with Gasteiger partial charge in [-0.3, -0.25) is 12.2 Å². The van der Waals surface area contributed by atoms with E-state index in [4.69, 9.17) is 10.2 Å². The third kappa shape index (κ3) is 20.3. The first-order valence-corrected chi connectivity index (χ1v) is 15.4. The Morgan fingerprint density at radius 3 is 1.33 bits per heavy atom. The molecule has 33 heavy (non-hydrogen) atoms. The van der Waals surface area contributed by atoms with Gasteiger partial charge in [0.15, 0.2) is 0 Å². The Labute approximate surface area is 215 Å². The summed E-state index contributed by atoms with van der Waals surface area (Å²) in [6.45, 7) is 8.27. The molecule has 0 atom stereocenters. The zero-order valence-electron chi connectivity index (χ0n) is 20.1. The normalized spacial score (nSPS) is 11.9. The Morgan fingerprint density at radius 1 is 0.758 bits per heavy atom. The number of phenolic OH excluding ortho intramolecular Hbond substituents is 2. The van der Waals surface area contributed by atoms with Crippen LogP contribution in [0.1, 0.15) is 33.6 Å². The Kier molecular flexibility index (Phi) is 23.5. The standard InChI is InChI=1S/C7H9.2C6H5FO.C6H7.2CH3.H2Si.Zr/c1-6-3-4-7(2)5-6;2*7-5-1-3-6(8)4-2-5;1-6-4-2-3-5-6;;;;/h5H,3H2,1-2H3;2*1-4,8H;2,4H,5H2,1H3;2*1H3;1H2;/q-1;;;3*-1;;. The molecule has 4 rings (SSSR count). The van der Waals surface area contributed by atoms with E-state index in [9.17, 15) is 8.78 Å². The van der Waals surface area contributed by atoms with Gasteiger partial charge in [0.25, 0.3) is 0 Å². The summed E-state index contributed by atoms with van der Waals surface area (Å²) < 4.78 is 24.0. The summed E-state index contributed by atoms with van der Waals surface area (Å²) >= 11 is 1.58. The Hall–Kier alpha value is -2.04. The third-order valence-corrected chi connectivity index (χ3v) is 3.63. The maximum atomic E-state index is 12.0. The van der Waals surface area contributed by atoms with Crippen LogP contribution in [0.5, 0.6) is 11.5 Å². The monoisotopic (exact) mass is 546 g/mol.